The average Bonchev–Trinajstić information content (AvgIpc) is 2.30. The van der Waals surface area contributed by atoms with Crippen molar-refractivity contribution in [3.8, 4) is 0 Å². The molecule has 1 atom stereocenters. The molecular formula is C13H19Cl2NO2. The molecule has 3 N–H and O–H groups in total. The predicted molar refractivity (Wildman–Crippen MR) is 76.5 cm³/mol. The molecule has 0 radical (unpaired) electrons. The zero-order valence-corrected chi connectivity index (χ0v) is 11.7. The minimum Gasteiger partial charge on any atom is -0.480 e. The van der Waals surface area contributed by atoms with Crippen LogP contribution in [0.15, 0.2) is 24.3 Å². The largest absolute Gasteiger partial charge is 0.480 e. The number of unbranched alkanes of at least 4 members (excludes halogenated alkanes) is 2. The van der Waals surface area contributed by atoms with Gasteiger partial charge in [0.1, 0.15) is 6.04 Å². The number of carboxylic acids is 1. The Morgan fingerprint density at radius 1 is 1.22 bits per heavy atom. The summed E-state index contributed by atoms with van der Waals surface area (Å²) in [6, 6.07) is 7.09. The van der Waals surface area contributed by atoms with E-state index in [1.807, 2.05) is 24.3 Å². The normalized spacial score (nSPS) is 11.7. The van der Waals surface area contributed by atoms with Gasteiger partial charge in [0.15, 0.2) is 0 Å². The zero-order chi connectivity index (χ0) is 12.7. The molecule has 1 aromatic rings. The van der Waals surface area contributed by atoms with Gasteiger partial charge in [-0.25, -0.2) is 0 Å². The van der Waals surface area contributed by atoms with E-state index in [1.54, 1.807) is 0 Å². The second-order valence-corrected chi connectivity index (χ2v) is 4.61. The van der Waals surface area contributed by atoms with Gasteiger partial charge in [-0.1, -0.05) is 36.6 Å². The van der Waals surface area contributed by atoms with E-state index in [2.05, 4.69) is 0 Å². The maximum Gasteiger partial charge on any atom is 0.320 e. The van der Waals surface area contributed by atoms with E-state index in [4.69, 9.17) is 22.4 Å². The molecule has 0 saturated heterocycles. The summed E-state index contributed by atoms with van der Waals surface area (Å²) >= 11 is 5.79. The third-order valence-corrected chi connectivity index (χ3v) is 2.96. The number of hydrogen-bond acceptors (Lipinski definition) is 2. The molecule has 0 fully saturated rings. The first kappa shape index (κ1) is 17.2. The lowest BCUT2D eigenvalue weighted by atomic mass is 10.0. The van der Waals surface area contributed by atoms with E-state index in [1.165, 1.54) is 5.56 Å². The monoisotopic (exact) mass is 291 g/mol. The lowest BCUT2D eigenvalue weighted by molar-refractivity contribution is -0.138. The molecule has 3 nitrogen and oxygen atoms in total. The van der Waals surface area contributed by atoms with Crippen LogP contribution in [-0.2, 0) is 11.2 Å². The highest BCUT2D eigenvalue weighted by molar-refractivity contribution is 6.30. The van der Waals surface area contributed by atoms with Gasteiger partial charge in [0.05, 0.1) is 0 Å². The standard InChI is InChI=1S/C13H18ClNO2.ClH/c14-11-8-6-10(7-9-11)4-2-1-3-5-12(15)13(16)17;/h6-9,12H,1-5,15H2,(H,16,17);1H. The Morgan fingerprint density at radius 3 is 2.39 bits per heavy atom. The van der Waals surface area contributed by atoms with Crippen molar-refractivity contribution in [2.45, 2.75) is 38.1 Å². The molecule has 0 aliphatic heterocycles. The number of nitrogens with two attached hydrogens (primary N) is 1. The maximum atomic E-state index is 10.5. The molecule has 102 valence electrons. The van der Waals surface area contributed by atoms with Crippen LogP contribution in [0.5, 0.6) is 0 Å². The summed E-state index contributed by atoms with van der Waals surface area (Å²) in [4.78, 5) is 10.5. The van der Waals surface area contributed by atoms with Gasteiger partial charge in [0, 0.05) is 5.02 Å². The smallest absolute Gasteiger partial charge is 0.320 e. The van der Waals surface area contributed by atoms with E-state index in [9.17, 15) is 4.79 Å². The summed E-state index contributed by atoms with van der Waals surface area (Å²) in [5.74, 6) is -0.914. The molecule has 0 aliphatic rings. The van der Waals surface area contributed by atoms with Crippen molar-refractivity contribution in [2.75, 3.05) is 0 Å². The Labute approximate surface area is 119 Å². The van der Waals surface area contributed by atoms with Gasteiger partial charge in [0.2, 0.25) is 0 Å². The van der Waals surface area contributed by atoms with E-state index in [0.29, 0.717) is 6.42 Å². The van der Waals surface area contributed by atoms with Crippen LogP contribution in [0.3, 0.4) is 0 Å². The molecule has 1 rings (SSSR count). The van der Waals surface area contributed by atoms with Gasteiger partial charge in [-0.05, 0) is 37.0 Å². The Balaban J connectivity index is 0.00000289. The second kappa shape index (κ2) is 9.20. The van der Waals surface area contributed by atoms with Crippen LogP contribution < -0.4 is 5.73 Å². The van der Waals surface area contributed by atoms with Crippen molar-refractivity contribution in [1.82, 2.24) is 0 Å². The number of halogens is 2. The molecule has 0 saturated carbocycles. The van der Waals surface area contributed by atoms with Gasteiger partial charge >= 0.3 is 5.97 Å². The molecule has 1 aromatic carbocycles. The van der Waals surface area contributed by atoms with Gasteiger partial charge in [-0.3, -0.25) is 4.79 Å². The Hall–Kier alpha value is -0.770. The van der Waals surface area contributed by atoms with Gasteiger partial charge in [-0.15, -0.1) is 12.4 Å². The number of carbonyl (C=O) groups is 1. The number of rotatable bonds is 7. The first-order chi connectivity index (χ1) is 8.09. The fourth-order valence-corrected chi connectivity index (χ4v) is 1.77. The molecule has 0 bridgehead atoms. The summed E-state index contributed by atoms with van der Waals surface area (Å²) in [5.41, 5.74) is 6.67. The fraction of sp³-hybridized carbons (Fsp3) is 0.462. The summed E-state index contributed by atoms with van der Waals surface area (Å²) in [6.07, 6.45) is 4.47. The van der Waals surface area contributed by atoms with E-state index in [0.717, 1.165) is 30.7 Å². The lowest BCUT2D eigenvalue weighted by Gasteiger charge is -2.05. The quantitative estimate of drug-likeness (QED) is 0.758. The van der Waals surface area contributed by atoms with Crippen LogP contribution in [0.4, 0.5) is 0 Å². The van der Waals surface area contributed by atoms with Crippen molar-refractivity contribution >= 4 is 30.0 Å². The molecule has 0 heterocycles. The first-order valence-corrected chi connectivity index (χ1v) is 6.20. The Kier molecular flexibility index (Phi) is 8.81. The molecule has 5 heteroatoms. The number of carboxylic acid groups (broad SMARTS) is 1. The van der Waals surface area contributed by atoms with Crippen molar-refractivity contribution in [2.24, 2.45) is 5.73 Å². The first-order valence-electron chi connectivity index (χ1n) is 5.82. The Morgan fingerprint density at radius 2 is 1.83 bits per heavy atom. The summed E-state index contributed by atoms with van der Waals surface area (Å²) in [7, 11) is 0. The molecule has 0 aromatic heterocycles. The van der Waals surface area contributed by atoms with Crippen LogP contribution in [0, 0.1) is 0 Å². The lowest BCUT2D eigenvalue weighted by Crippen LogP contribution is -2.29. The highest BCUT2D eigenvalue weighted by Gasteiger charge is 2.09. The highest BCUT2D eigenvalue weighted by atomic mass is 35.5. The number of hydrogen-bond donors (Lipinski definition) is 2. The summed E-state index contributed by atoms with van der Waals surface area (Å²) < 4.78 is 0. The SMILES string of the molecule is Cl.NC(CCCCCc1ccc(Cl)cc1)C(=O)O. The molecule has 0 aliphatic carbocycles. The van der Waals surface area contributed by atoms with Crippen LogP contribution >= 0.6 is 24.0 Å². The number of benzene rings is 1. The topological polar surface area (TPSA) is 63.3 Å². The molecule has 0 spiro atoms. The molecular weight excluding hydrogens is 273 g/mol. The van der Waals surface area contributed by atoms with Crippen molar-refractivity contribution < 1.29 is 9.90 Å². The van der Waals surface area contributed by atoms with Crippen molar-refractivity contribution in [3.63, 3.8) is 0 Å². The highest BCUT2D eigenvalue weighted by Crippen LogP contribution is 2.12. The molecule has 1 unspecified atom stereocenters. The van der Waals surface area contributed by atoms with E-state index in [-0.39, 0.29) is 12.4 Å². The van der Waals surface area contributed by atoms with E-state index >= 15 is 0 Å². The fourth-order valence-electron chi connectivity index (χ4n) is 1.64. The minimum atomic E-state index is -0.914. The third-order valence-electron chi connectivity index (χ3n) is 2.71. The molecule has 18 heavy (non-hydrogen) atoms. The summed E-state index contributed by atoms with van der Waals surface area (Å²) in [6.45, 7) is 0. The average molecular weight is 292 g/mol. The minimum absolute atomic E-state index is 0. The van der Waals surface area contributed by atoms with Gasteiger partial charge in [0.25, 0.3) is 0 Å². The van der Waals surface area contributed by atoms with Crippen LogP contribution in [0.2, 0.25) is 5.02 Å². The summed E-state index contributed by atoms with van der Waals surface area (Å²) in [5, 5.41) is 9.36. The van der Waals surface area contributed by atoms with Gasteiger partial charge < -0.3 is 10.8 Å². The van der Waals surface area contributed by atoms with Crippen LogP contribution in [0.1, 0.15) is 31.2 Å². The predicted octanol–water partition coefficient (Wildman–Crippen LogP) is 3.28. The van der Waals surface area contributed by atoms with E-state index < -0.39 is 12.0 Å². The zero-order valence-electron chi connectivity index (χ0n) is 10.1. The van der Waals surface area contributed by atoms with Crippen LogP contribution in [0.25, 0.3) is 0 Å². The Bertz CT molecular complexity index is 355. The van der Waals surface area contributed by atoms with Crippen LogP contribution in [-0.4, -0.2) is 17.1 Å². The third kappa shape index (κ3) is 6.84. The number of aliphatic carboxylic acids is 1. The second-order valence-electron chi connectivity index (χ2n) is 4.17. The maximum absolute atomic E-state index is 10.5. The molecule has 0 amide bonds. The number of aryl methyl sites for hydroxylation is 1. The van der Waals surface area contributed by atoms with Gasteiger partial charge in [-0.2, -0.15) is 0 Å². The van der Waals surface area contributed by atoms with Crippen molar-refractivity contribution in [3.05, 3.63) is 34.9 Å². The van der Waals surface area contributed by atoms with Crippen molar-refractivity contribution in [1.29, 1.82) is 0 Å².